The highest BCUT2D eigenvalue weighted by Crippen LogP contribution is 2.25. The van der Waals surface area contributed by atoms with E-state index in [4.69, 9.17) is 9.47 Å². The van der Waals surface area contributed by atoms with Gasteiger partial charge < -0.3 is 14.2 Å². The Morgan fingerprint density at radius 2 is 2.06 bits per heavy atom. The maximum Gasteiger partial charge on any atom is 0.305 e. The summed E-state index contributed by atoms with van der Waals surface area (Å²) in [5.74, 6) is 0.623. The summed E-state index contributed by atoms with van der Waals surface area (Å²) in [6, 6.07) is 7.77. The molecule has 1 aromatic rings. The van der Waals surface area contributed by atoms with Crippen LogP contribution in [0.5, 0.6) is 5.75 Å². The normalized spacial score (nSPS) is 11.9. The van der Waals surface area contributed by atoms with Gasteiger partial charge in [-0.05, 0) is 30.5 Å². The minimum atomic E-state index is -0.185. The van der Waals surface area contributed by atoms with Crippen molar-refractivity contribution in [2.45, 2.75) is 25.4 Å². The molecular formula is C14H20O4. The van der Waals surface area contributed by atoms with Gasteiger partial charge in [-0.1, -0.05) is 12.1 Å². The van der Waals surface area contributed by atoms with Crippen LogP contribution in [0, 0.1) is 0 Å². The fraction of sp³-hybridized carbons (Fsp3) is 0.500. The van der Waals surface area contributed by atoms with Crippen molar-refractivity contribution in [2.75, 3.05) is 21.3 Å². The highest BCUT2D eigenvalue weighted by molar-refractivity contribution is 5.68. The molecule has 0 amide bonds. The van der Waals surface area contributed by atoms with E-state index in [9.17, 15) is 4.79 Å². The number of methoxy groups -OCH3 is 3. The van der Waals surface area contributed by atoms with Crippen LogP contribution in [-0.2, 0) is 14.3 Å². The number of ether oxygens (including phenoxy) is 3. The molecule has 1 aromatic carbocycles. The zero-order valence-corrected chi connectivity index (χ0v) is 11.1. The van der Waals surface area contributed by atoms with E-state index in [0.29, 0.717) is 6.42 Å². The summed E-state index contributed by atoms with van der Waals surface area (Å²) in [5, 5.41) is 0. The highest BCUT2D eigenvalue weighted by Gasteiger charge is 2.12. The van der Waals surface area contributed by atoms with Gasteiger partial charge >= 0.3 is 5.97 Å². The minimum Gasteiger partial charge on any atom is -0.497 e. The molecule has 0 aromatic heterocycles. The van der Waals surface area contributed by atoms with Crippen LogP contribution in [0.1, 0.15) is 30.9 Å². The summed E-state index contributed by atoms with van der Waals surface area (Å²) in [6.07, 6.45) is 1.91. The van der Waals surface area contributed by atoms with E-state index in [0.717, 1.165) is 24.2 Å². The van der Waals surface area contributed by atoms with Crippen molar-refractivity contribution in [3.05, 3.63) is 29.8 Å². The Bertz CT molecular complexity index is 376. The third-order valence-electron chi connectivity index (χ3n) is 2.82. The second-order valence-electron chi connectivity index (χ2n) is 3.97. The monoisotopic (exact) mass is 252 g/mol. The Morgan fingerprint density at radius 1 is 1.28 bits per heavy atom. The molecule has 1 atom stereocenters. The van der Waals surface area contributed by atoms with Gasteiger partial charge in [0.25, 0.3) is 0 Å². The summed E-state index contributed by atoms with van der Waals surface area (Å²) in [5.41, 5.74) is 1.06. The van der Waals surface area contributed by atoms with Crippen LogP contribution < -0.4 is 4.74 Å². The smallest absolute Gasteiger partial charge is 0.305 e. The molecule has 4 nitrogen and oxygen atoms in total. The van der Waals surface area contributed by atoms with Gasteiger partial charge in [0.15, 0.2) is 0 Å². The molecule has 0 N–H and O–H groups in total. The first-order valence-corrected chi connectivity index (χ1v) is 5.94. The molecule has 1 rings (SSSR count). The van der Waals surface area contributed by atoms with Gasteiger partial charge in [-0.25, -0.2) is 0 Å². The first-order valence-electron chi connectivity index (χ1n) is 5.94. The molecule has 0 saturated heterocycles. The Balaban J connectivity index is 2.56. The number of hydrogen-bond acceptors (Lipinski definition) is 4. The van der Waals surface area contributed by atoms with Gasteiger partial charge in [0.1, 0.15) is 5.75 Å². The first kappa shape index (κ1) is 14.5. The highest BCUT2D eigenvalue weighted by atomic mass is 16.5. The molecule has 4 heteroatoms. The lowest BCUT2D eigenvalue weighted by Gasteiger charge is -2.16. The van der Waals surface area contributed by atoms with Crippen molar-refractivity contribution in [3.8, 4) is 5.75 Å². The van der Waals surface area contributed by atoms with Crippen molar-refractivity contribution >= 4 is 5.97 Å². The summed E-state index contributed by atoms with van der Waals surface area (Å²) in [7, 11) is 4.71. The predicted octanol–water partition coefficient (Wildman–Crippen LogP) is 2.73. The SMILES string of the molecule is COC(=O)CCC[C@@H](OC)c1cccc(OC)c1. The third kappa shape index (κ3) is 4.37. The fourth-order valence-corrected chi connectivity index (χ4v) is 1.80. The average Bonchev–Trinajstić information content (AvgIpc) is 2.43. The van der Waals surface area contributed by atoms with Crippen molar-refractivity contribution < 1.29 is 19.0 Å². The summed E-state index contributed by atoms with van der Waals surface area (Å²) in [6.45, 7) is 0. The second-order valence-corrected chi connectivity index (χ2v) is 3.97. The first-order chi connectivity index (χ1) is 8.71. The topological polar surface area (TPSA) is 44.8 Å². The van der Waals surface area contributed by atoms with Gasteiger partial charge in [-0.2, -0.15) is 0 Å². The number of esters is 1. The van der Waals surface area contributed by atoms with Gasteiger partial charge in [0.2, 0.25) is 0 Å². The maximum atomic E-state index is 11.0. The van der Waals surface area contributed by atoms with Crippen LogP contribution in [0.2, 0.25) is 0 Å². The van der Waals surface area contributed by atoms with Gasteiger partial charge in [-0.15, -0.1) is 0 Å². The van der Waals surface area contributed by atoms with Gasteiger partial charge in [-0.3, -0.25) is 4.79 Å². The number of benzene rings is 1. The predicted molar refractivity (Wildman–Crippen MR) is 68.6 cm³/mol. The van der Waals surface area contributed by atoms with Crippen molar-refractivity contribution in [1.29, 1.82) is 0 Å². The molecule has 0 aliphatic carbocycles. The molecule has 0 spiro atoms. The van der Waals surface area contributed by atoms with E-state index in [1.807, 2.05) is 24.3 Å². The molecule has 0 heterocycles. The molecule has 100 valence electrons. The fourth-order valence-electron chi connectivity index (χ4n) is 1.80. The van der Waals surface area contributed by atoms with Crippen LogP contribution >= 0.6 is 0 Å². The van der Waals surface area contributed by atoms with Crippen LogP contribution in [0.4, 0.5) is 0 Å². The molecule has 0 aliphatic rings. The van der Waals surface area contributed by atoms with E-state index in [1.54, 1.807) is 14.2 Å². The molecule has 0 aliphatic heterocycles. The standard InChI is InChI=1S/C14H20O4/c1-16-12-7-4-6-11(10-12)13(17-2)8-5-9-14(15)18-3/h4,6-7,10,13H,5,8-9H2,1-3H3/t13-/m1/s1. The minimum absolute atomic E-state index is 0.0234. The lowest BCUT2D eigenvalue weighted by molar-refractivity contribution is -0.140. The maximum absolute atomic E-state index is 11.0. The second kappa shape index (κ2) is 7.71. The number of carbonyl (C=O) groups excluding carboxylic acids is 1. The number of carbonyl (C=O) groups is 1. The summed E-state index contributed by atoms with van der Waals surface area (Å²) >= 11 is 0. The average molecular weight is 252 g/mol. The lowest BCUT2D eigenvalue weighted by atomic mass is 10.0. The van der Waals surface area contributed by atoms with Crippen molar-refractivity contribution in [3.63, 3.8) is 0 Å². The van der Waals surface area contributed by atoms with Crippen LogP contribution in [0.3, 0.4) is 0 Å². The molecule has 0 fully saturated rings. The lowest BCUT2D eigenvalue weighted by Crippen LogP contribution is -2.05. The van der Waals surface area contributed by atoms with E-state index in [-0.39, 0.29) is 12.1 Å². The van der Waals surface area contributed by atoms with Gasteiger partial charge in [0, 0.05) is 13.5 Å². The van der Waals surface area contributed by atoms with E-state index in [2.05, 4.69) is 4.74 Å². The zero-order valence-electron chi connectivity index (χ0n) is 11.1. The van der Waals surface area contributed by atoms with E-state index >= 15 is 0 Å². The summed E-state index contributed by atoms with van der Waals surface area (Å²) in [4.78, 5) is 11.0. The Morgan fingerprint density at radius 3 is 2.67 bits per heavy atom. The van der Waals surface area contributed by atoms with Crippen LogP contribution in [0.25, 0.3) is 0 Å². The van der Waals surface area contributed by atoms with E-state index in [1.165, 1.54) is 7.11 Å². The van der Waals surface area contributed by atoms with Crippen LogP contribution in [-0.4, -0.2) is 27.3 Å². The largest absolute Gasteiger partial charge is 0.497 e. The Labute approximate surface area is 108 Å². The quantitative estimate of drug-likeness (QED) is 0.700. The third-order valence-corrected chi connectivity index (χ3v) is 2.82. The molecule has 0 unspecified atom stereocenters. The molecular weight excluding hydrogens is 232 g/mol. The number of hydrogen-bond donors (Lipinski definition) is 0. The van der Waals surface area contributed by atoms with Gasteiger partial charge in [0.05, 0.1) is 20.3 Å². The molecule has 0 bridgehead atoms. The van der Waals surface area contributed by atoms with Crippen LogP contribution in [0.15, 0.2) is 24.3 Å². The molecule has 18 heavy (non-hydrogen) atoms. The summed E-state index contributed by atoms with van der Waals surface area (Å²) < 4.78 is 15.2. The number of rotatable bonds is 7. The Kier molecular flexibility index (Phi) is 6.22. The molecule has 0 radical (unpaired) electrons. The zero-order chi connectivity index (χ0) is 13.4. The van der Waals surface area contributed by atoms with Crippen molar-refractivity contribution in [1.82, 2.24) is 0 Å². The van der Waals surface area contributed by atoms with E-state index < -0.39 is 0 Å². The Hall–Kier alpha value is -1.55. The molecule has 0 saturated carbocycles. The van der Waals surface area contributed by atoms with Crippen molar-refractivity contribution in [2.24, 2.45) is 0 Å².